The third kappa shape index (κ3) is 5.59. The number of nitrogens with zero attached hydrogens (tertiary/aromatic N) is 2. The van der Waals surface area contributed by atoms with Gasteiger partial charge >= 0.3 is 6.09 Å². The number of imide groups is 1. The fourth-order valence-corrected chi connectivity index (χ4v) is 3.65. The molecule has 0 aromatic heterocycles. The zero-order valence-corrected chi connectivity index (χ0v) is 18.0. The van der Waals surface area contributed by atoms with Crippen molar-refractivity contribution in [2.75, 3.05) is 19.6 Å². The molecule has 0 aliphatic carbocycles. The van der Waals surface area contributed by atoms with Gasteiger partial charge in [0.05, 0.1) is 0 Å². The second-order valence-corrected chi connectivity index (χ2v) is 8.74. The Morgan fingerprint density at radius 2 is 1.73 bits per heavy atom. The molecule has 0 bridgehead atoms. The first kappa shape index (κ1) is 21.8. The highest BCUT2D eigenvalue weighted by atomic mass is 16.6. The van der Waals surface area contributed by atoms with Crippen LogP contribution in [0.25, 0.3) is 5.57 Å². The molecule has 0 atom stereocenters. The molecule has 0 radical (unpaired) electrons. The molecule has 30 heavy (non-hydrogen) atoms. The van der Waals surface area contributed by atoms with Crippen LogP contribution in [0.5, 0.6) is 0 Å². The molecule has 1 aromatic rings. The predicted octanol–water partition coefficient (Wildman–Crippen LogP) is 4.03. The van der Waals surface area contributed by atoms with Gasteiger partial charge in [0.25, 0.3) is 11.8 Å². The van der Waals surface area contributed by atoms with Gasteiger partial charge in [0.1, 0.15) is 5.60 Å². The van der Waals surface area contributed by atoms with E-state index in [9.17, 15) is 14.4 Å². The van der Waals surface area contributed by atoms with Crippen molar-refractivity contribution < 1.29 is 19.1 Å². The van der Waals surface area contributed by atoms with Crippen molar-refractivity contribution in [1.82, 2.24) is 9.80 Å². The second-order valence-electron chi connectivity index (χ2n) is 8.74. The molecule has 0 spiro atoms. The van der Waals surface area contributed by atoms with Crippen LogP contribution in [0.3, 0.4) is 0 Å². The molecule has 160 valence electrons. The van der Waals surface area contributed by atoms with E-state index in [2.05, 4.69) is 0 Å². The van der Waals surface area contributed by atoms with Gasteiger partial charge in [-0.05, 0) is 57.6 Å². The Morgan fingerprint density at radius 3 is 2.33 bits per heavy atom. The average molecular weight is 411 g/mol. The minimum absolute atomic E-state index is 0.151. The smallest absolute Gasteiger partial charge is 0.410 e. The fourth-order valence-electron chi connectivity index (χ4n) is 3.65. The van der Waals surface area contributed by atoms with Gasteiger partial charge in [0, 0.05) is 25.2 Å². The minimum Gasteiger partial charge on any atom is -0.444 e. The number of carbonyl (C=O) groups is 3. The van der Waals surface area contributed by atoms with Crippen molar-refractivity contribution in [2.24, 2.45) is 5.92 Å². The number of allylic oxidation sites excluding steroid dienone is 1. The quantitative estimate of drug-likeness (QED) is 0.706. The molecule has 3 amide bonds. The second kappa shape index (κ2) is 9.28. The van der Waals surface area contributed by atoms with Crippen molar-refractivity contribution in [3.8, 4) is 0 Å². The lowest BCUT2D eigenvalue weighted by atomic mass is 9.91. The van der Waals surface area contributed by atoms with E-state index in [0.717, 1.165) is 18.4 Å². The molecule has 2 heterocycles. The number of hydrogen-bond acceptors (Lipinski definition) is 4. The van der Waals surface area contributed by atoms with Crippen LogP contribution in [0.4, 0.5) is 4.79 Å². The van der Waals surface area contributed by atoms with Gasteiger partial charge in [-0.25, -0.2) is 4.79 Å². The Balaban J connectivity index is 1.75. The largest absolute Gasteiger partial charge is 0.444 e. The number of likely N-dealkylation sites (tertiary alicyclic amines) is 1. The van der Waals surface area contributed by atoms with Crippen LogP contribution in [0.15, 0.2) is 48.6 Å². The van der Waals surface area contributed by atoms with Gasteiger partial charge in [0.15, 0.2) is 0 Å². The molecule has 3 rings (SSSR count). The van der Waals surface area contributed by atoms with Crippen molar-refractivity contribution in [1.29, 1.82) is 0 Å². The Hall–Kier alpha value is -2.89. The Kier molecular flexibility index (Phi) is 6.75. The molecule has 0 N–H and O–H groups in total. The summed E-state index contributed by atoms with van der Waals surface area (Å²) in [6.45, 7) is 7.13. The molecule has 2 aliphatic rings. The average Bonchev–Trinajstić information content (AvgIpc) is 2.72. The topological polar surface area (TPSA) is 66.9 Å². The van der Waals surface area contributed by atoms with Crippen molar-refractivity contribution >= 4 is 23.5 Å². The normalized spacial score (nSPS) is 18.5. The summed E-state index contributed by atoms with van der Waals surface area (Å²) in [5.74, 6) is -0.378. The molecule has 2 aliphatic heterocycles. The first-order valence-electron chi connectivity index (χ1n) is 10.5. The third-order valence-corrected chi connectivity index (χ3v) is 5.20. The maximum atomic E-state index is 13.2. The van der Waals surface area contributed by atoms with E-state index in [0.29, 0.717) is 31.6 Å². The maximum Gasteiger partial charge on any atom is 0.410 e. The number of ether oxygens (including phenoxy) is 1. The lowest BCUT2D eigenvalue weighted by Crippen LogP contribution is -2.42. The third-order valence-electron chi connectivity index (χ3n) is 5.20. The standard InChI is InChI=1S/C24H30N2O4/c1-24(2,3)30-23(29)25-15-12-18(13-16-25)17-20(19-9-5-4-6-10-19)22(28)26-14-8-7-11-21(26)27/h4-7,9-11,17-18H,8,12-16H2,1-3H3/b20-17-. The van der Waals surface area contributed by atoms with Gasteiger partial charge in [-0.3, -0.25) is 14.5 Å². The van der Waals surface area contributed by atoms with Crippen LogP contribution in [0.2, 0.25) is 0 Å². The number of piperidine rings is 1. The summed E-state index contributed by atoms with van der Waals surface area (Å²) in [5, 5.41) is 0. The predicted molar refractivity (Wildman–Crippen MR) is 115 cm³/mol. The molecule has 0 saturated carbocycles. The molecule has 6 heteroatoms. The van der Waals surface area contributed by atoms with Crippen LogP contribution in [0.1, 0.15) is 45.6 Å². The monoisotopic (exact) mass is 410 g/mol. The van der Waals surface area contributed by atoms with E-state index in [-0.39, 0.29) is 23.8 Å². The van der Waals surface area contributed by atoms with Gasteiger partial charge < -0.3 is 9.64 Å². The zero-order valence-electron chi connectivity index (χ0n) is 18.0. The highest BCUT2D eigenvalue weighted by Gasteiger charge is 2.29. The molecular weight excluding hydrogens is 380 g/mol. The minimum atomic E-state index is -0.518. The summed E-state index contributed by atoms with van der Waals surface area (Å²) in [7, 11) is 0. The van der Waals surface area contributed by atoms with Crippen LogP contribution in [-0.2, 0) is 14.3 Å². The number of hydrogen-bond donors (Lipinski definition) is 0. The van der Waals surface area contributed by atoms with Crippen LogP contribution < -0.4 is 0 Å². The van der Waals surface area contributed by atoms with Gasteiger partial charge in [-0.1, -0.05) is 42.5 Å². The van der Waals surface area contributed by atoms with Gasteiger partial charge in [0.2, 0.25) is 0 Å². The highest BCUT2D eigenvalue weighted by Crippen LogP contribution is 2.27. The Bertz CT molecular complexity index is 844. The Morgan fingerprint density at radius 1 is 1.07 bits per heavy atom. The zero-order chi connectivity index (χ0) is 21.7. The van der Waals surface area contributed by atoms with E-state index < -0.39 is 5.60 Å². The van der Waals surface area contributed by atoms with Crippen molar-refractivity contribution in [3.05, 3.63) is 54.1 Å². The Labute approximate surface area is 178 Å². The summed E-state index contributed by atoms with van der Waals surface area (Å²) in [6, 6.07) is 9.46. The highest BCUT2D eigenvalue weighted by molar-refractivity contribution is 6.24. The molecule has 1 aromatic carbocycles. The van der Waals surface area contributed by atoms with Crippen molar-refractivity contribution in [3.63, 3.8) is 0 Å². The van der Waals surface area contributed by atoms with E-state index >= 15 is 0 Å². The molecule has 6 nitrogen and oxygen atoms in total. The molecule has 1 saturated heterocycles. The van der Waals surface area contributed by atoms with E-state index in [1.165, 1.54) is 11.0 Å². The van der Waals surface area contributed by atoms with Crippen molar-refractivity contribution in [2.45, 2.75) is 45.6 Å². The van der Waals surface area contributed by atoms with Crippen LogP contribution in [0, 0.1) is 5.92 Å². The molecule has 0 unspecified atom stereocenters. The summed E-state index contributed by atoms with van der Waals surface area (Å²) < 4.78 is 5.46. The van der Waals surface area contributed by atoms with E-state index in [1.807, 2.05) is 57.2 Å². The summed E-state index contributed by atoms with van der Waals surface area (Å²) in [4.78, 5) is 40.8. The summed E-state index contributed by atoms with van der Waals surface area (Å²) in [5.41, 5.74) is 0.838. The number of carbonyl (C=O) groups excluding carboxylic acids is 3. The van der Waals surface area contributed by atoms with Gasteiger partial charge in [-0.2, -0.15) is 0 Å². The molecular formula is C24H30N2O4. The van der Waals surface area contributed by atoms with E-state index in [1.54, 1.807) is 11.0 Å². The van der Waals surface area contributed by atoms with Crippen LogP contribution in [-0.4, -0.2) is 52.9 Å². The van der Waals surface area contributed by atoms with E-state index in [4.69, 9.17) is 4.74 Å². The lowest BCUT2D eigenvalue weighted by Gasteiger charge is -2.33. The summed E-state index contributed by atoms with van der Waals surface area (Å²) in [6.07, 6.45) is 7.11. The maximum absolute atomic E-state index is 13.2. The SMILES string of the molecule is CC(C)(C)OC(=O)N1CCC(/C=C(\C(=O)N2CCC=CC2=O)c2ccccc2)CC1. The molecule has 1 fully saturated rings. The fraction of sp³-hybridized carbons (Fsp3) is 0.458. The first-order valence-corrected chi connectivity index (χ1v) is 10.5. The number of amides is 3. The number of benzene rings is 1. The lowest BCUT2D eigenvalue weighted by molar-refractivity contribution is -0.138. The van der Waals surface area contributed by atoms with Crippen LogP contribution >= 0.6 is 0 Å². The number of rotatable bonds is 3. The van der Waals surface area contributed by atoms with Gasteiger partial charge in [-0.15, -0.1) is 0 Å². The summed E-state index contributed by atoms with van der Waals surface area (Å²) >= 11 is 0. The first-order chi connectivity index (χ1) is 14.2.